The van der Waals surface area contributed by atoms with Gasteiger partial charge in [0.15, 0.2) is 0 Å². The minimum Gasteiger partial charge on any atom is -0.377 e. The highest BCUT2D eigenvalue weighted by molar-refractivity contribution is 9.09. The highest BCUT2D eigenvalue weighted by atomic mass is 79.9. The zero-order valence-corrected chi connectivity index (χ0v) is 11.7. The average Bonchev–Trinajstić information content (AvgIpc) is 2.90. The van der Waals surface area contributed by atoms with E-state index in [2.05, 4.69) is 25.5 Å². The Hall–Kier alpha value is -0.530. The monoisotopic (exact) mass is 319 g/mol. The van der Waals surface area contributed by atoms with Crippen molar-refractivity contribution in [3.05, 3.63) is 11.1 Å². The van der Waals surface area contributed by atoms with E-state index < -0.39 is 0 Å². The number of hydrogen-bond acceptors (Lipinski definition) is 5. The number of nitrogens with zero attached hydrogens (tertiary/aromatic N) is 3. The predicted octanol–water partition coefficient (Wildman–Crippen LogP) is 1.55. The van der Waals surface area contributed by atoms with Gasteiger partial charge in [0.2, 0.25) is 0 Å². The molecule has 0 N–H and O–H groups in total. The van der Waals surface area contributed by atoms with Crippen LogP contribution in [0.4, 0.5) is 0 Å². The van der Waals surface area contributed by atoms with Gasteiger partial charge in [-0.3, -0.25) is 4.79 Å². The lowest BCUT2D eigenvalue weighted by Gasteiger charge is -2.31. The van der Waals surface area contributed by atoms with Crippen molar-refractivity contribution in [2.24, 2.45) is 0 Å². The topological polar surface area (TPSA) is 55.3 Å². The van der Waals surface area contributed by atoms with Crippen LogP contribution in [0, 0.1) is 0 Å². The van der Waals surface area contributed by atoms with Crippen LogP contribution in [0.2, 0.25) is 0 Å². The summed E-state index contributed by atoms with van der Waals surface area (Å²) in [6, 6.07) is 0. The van der Waals surface area contributed by atoms with Crippen LogP contribution in [-0.2, 0) is 4.74 Å². The Bertz CT molecular complexity index is 352. The van der Waals surface area contributed by atoms with E-state index in [4.69, 9.17) is 4.74 Å². The maximum atomic E-state index is 12.0. The highest BCUT2D eigenvalue weighted by Crippen LogP contribution is 2.17. The van der Waals surface area contributed by atoms with E-state index in [0.29, 0.717) is 4.88 Å². The Kier molecular flexibility index (Phi) is 4.87. The Morgan fingerprint density at radius 1 is 1.59 bits per heavy atom. The van der Waals surface area contributed by atoms with Crippen LogP contribution in [0.15, 0.2) is 6.20 Å². The summed E-state index contributed by atoms with van der Waals surface area (Å²) in [6.07, 6.45) is 3.63. The Morgan fingerprint density at radius 2 is 2.35 bits per heavy atom. The predicted molar refractivity (Wildman–Crippen MR) is 68.6 cm³/mol. The van der Waals surface area contributed by atoms with Crippen molar-refractivity contribution in [1.82, 2.24) is 14.5 Å². The maximum Gasteiger partial charge on any atom is 0.267 e. The lowest BCUT2D eigenvalue weighted by Crippen LogP contribution is -2.40. The standard InChI is InChI=1S/C10H14BrN3O2S/c11-3-6-16-8-1-4-14(5-2-8)10(15)9-7-12-13-17-9/h7-8H,1-6H2. The van der Waals surface area contributed by atoms with E-state index in [0.717, 1.165) is 49.4 Å². The van der Waals surface area contributed by atoms with Crippen LogP contribution in [0.1, 0.15) is 22.5 Å². The number of ether oxygens (including phenoxy) is 1. The fraction of sp³-hybridized carbons (Fsp3) is 0.700. The molecule has 0 spiro atoms. The van der Waals surface area contributed by atoms with Crippen LogP contribution in [0.5, 0.6) is 0 Å². The zero-order chi connectivity index (χ0) is 12.1. The van der Waals surface area contributed by atoms with Gasteiger partial charge in [0.1, 0.15) is 4.88 Å². The van der Waals surface area contributed by atoms with Crippen molar-refractivity contribution >= 4 is 33.4 Å². The summed E-state index contributed by atoms with van der Waals surface area (Å²) < 4.78 is 9.35. The number of carbonyl (C=O) groups is 1. The number of carbonyl (C=O) groups excluding carboxylic acids is 1. The fourth-order valence-corrected chi connectivity index (χ4v) is 2.52. The molecule has 1 amide bonds. The summed E-state index contributed by atoms with van der Waals surface area (Å²) in [6.45, 7) is 2.24. The molecule has 2 heterocycles. The molecule has 0 saturated carbocycles. The molecular weight excluding hydrogens is 306 g/mol. The van der Waals surface area contributed by atoms with Gasteiger partial charge in [-0.05, 0) is 24.4 Å². The largest absolute Gasteiger partial charge is 0.377 e. The molecule has 0 aromatic carbocycles. The Labute approximate surface area is 112 Å². The Balaban J connectivity index is 1.81. The summed E-state index contributed by atoms with van der Waals surface area (Å²) in [7, 11) is 0. The van der Waals surface area contributed by atoms with E-state index >= 15 is 0 Å². The Morgan fingerprint density at radius 3 is 2.94 bits per heavy atom. The number of halogens is 1. The third-order valence-electron chi connectivity index (χ3n) is 2.73. The van der Waals surface area contributed by atoms with Crippen molar-refractivity contribution in [3.63, 3.8) is 0 Å². The third kappa shape index (κ3) is 3.46. The third-order valence-corrected chi connectivity index (χ3v) is 3.71. The number of alkyl halides is 1. The summed E-state index contributed by atoms with van der Waals surface area (Å²) in [5.74, 6) is 0.0407. The molecule has 5 nitrogen and oxygen atoms in total. The summed E-state index contributed by atoms with van der Waals surface area (Å²) >= 11 is 4.48. The molecule has 0 atom stereocenters. The van der Waals surface area contributed by atoms with Gasteiger partial charge in [-0.2, -0.15) is 0 Å². The number of likely N-dealkylation sites (tertiary alicyclic amines) is 1. The molecule has 0 radical (unpaired) electrons. The first-order valence-electron chi connectivity index (χ1n) is 5.55. The quantitative estimate of drug-likeness (QED) is 0.790. The first-order valence-corrected chi connectivity index (χ1v) is 7.45. The number of piperidine rings is 1. The van der Waals surface area contributed by atoms with Crippen LogP contribution in [-0.4, -0.2) is 51.5 Å². The van der Waals surface area contributed by atoms with E-state index in [1.54, 1.807) is 0 Å². The average molecular weight is 320 g/mol. The molecule has 17 heavy (non-hydrogen) atoms. The molecule has 94 valence electrons. The van der Waals surface area contributed by atoms with Crippen LogP contribution in [0.3, 0.4) is 0 Å². The van der Waals surface area contributed by atoms with Gasteiger partial charge < -0.3 is 9.64 Å². The summed E-state index contributed by atoms with van der Waals surface area (Å²) in [5, 5.41) is 4.54. The second kappa shape index (κ2) is 6.42. The second-order valence-electron chi connectivity index (χ2n) is 3.83. The molecule has 2 rings (SSSR count). The molecule has 1 saturated heterocycles. The number of rotatable bonds is 4. The van der Waals surface area contributed by atoms with Crippen LogP contribution in [0.25, 0.3) is 0 Å². The van der Waals surface area contributed by atoms with Crippen molar-refractivity contribution in [1.29, 1.82) is 0 Å². The lowest BCUT2D eigenvalue weighted by molar-refractivity contribution is 0.0161. The van der Waals surface area contributed by atoms with Crippen molar-refractivity contribution in [3.8, 4) is 0 Å². The van der Waals surface area contributed by atoms with Gasteiger partial charge in [0.05, 0.1) is 18.9 Å². The lowest BCUT2D eigenvalue weighted by atomic mass is 10.1. The fourth-order valence-electron chi connectivity index (χ4n) is 1.85. The van der Waals surface area contributed by atoms with E-state index in [9.17, 15) is 4.79 Å². The molecule has 1 aliphatic rings. The van der Waals surface area contributed by atoms with Gasteiger partial charge in [0, 0.05) is 18.4 Å². The summed E-state index contributed by atoms with van der Waals surface area (Å²) in [4.78, 5) is 14.5. The SMILES string of the molecule is O=C(c1cnns1)N1CCC(OCCBr)CC1. The number of amides is 1. The minimum absolute atomic E-state index is 0.0407. The highest BCUT2D eigenvalue weighted by Gasteiger charge is 2.24. The second-order valence-corrected chi connectivity index (χ2v) is 5.41. The normalized spacial score (nSPS) is 17.4. The molecule has 1 aromatic heterocycles. The first kappa shape index (κ1) is 12.9. The van der Waals surface area contributed by atoms with E-state index in [1.807, 2.05) is 4.90 Å². The summed E-state index contributed by atoms with van der Waals surface area (Å²) in [5.41, 5.74) is 0. The molecule has 7 heteroatoms. The molecule has 0 unspecified atom stereocenters. The van der Waals surface area contributed by atoms with Gasteiger partial charge in [-0.25, -0.2) is 0 Å². The van der Waals surface area contributed by atoms with Crippen molar-refractivity contribution in [2.75, 3.05) is 25.0 Å². The van der Waals surface area contributed by atoms with Gasteiger partial charge in [-0.1, -0.05) is 20.4 Å². The van der Waals surface area contributed by atoms with E-state index in [-0.39, 0.29) is 12.0 Å². The molecule has 0 aliphatic carbocycles. The molecule has 1 fully saturated rings. The van der Waals surface area contributed by atoms with Gasteiger partial charge in [0.25, 0.3) is 5.91 Å². The molecule has 1 aliphatic heterocycles. The van der Waals surface area contributed by atoms with Gasteiger partial charge >= 0.3 is 0 Å². The molecule has 0 bridgehead atoms. The number of aromatic nitrogens is 2. The molecular formula is C10H14BrN3O2S. The smallest absolute Gasteiger partial charge is 0.267 e. The van der Waals surface area contributed by atoms with Gasteiger partial charge in [-0.15, -0.1) is 5.10 Å². The molecule has 1 aromatic rings. The maximum absolute atomic E-state index is 12.0. The van der Waals surface area contributed by atoms with Crippen LogP contribution >= 0.6 is 27.5 Å². The minimum atomic E-state index is 0.0407. The van der Waals surface area contributed by atoms with Crippen LogP contribution < -0.4 is 0 Å². The van der Waals surface area contributed by atoms with Crippen molar-refractivity contribution < 1.29 is 9.53 Å². The van der Waals surface area contributed by atoms with E-state index in [1.165, 1.54) is 6.20 Å². The number of hydrogen-bond donors (Lipinski definition) is 0. The zero-order valence-electron chi connectivity index (χ0n) is 9.34. The first-order chi connectivity index (χ1) is 8.31. The van der Waals surface area contributed by atoms with Crippen molar-refractivity contribution in [2.45, 2.75) is 18.9 Å².